The second kappa shape index (κ2) is 5.34. The van der Waals surface area contributed by atoms with Crippen LogP contribution in [-0.4, -0.2) is 26.2 Å². The van der Waals surface area contributed by atoms with Crippen molar-refractivity contribution in [2.24, 2.45) is 17.3 Å². The van der Waals surface area contributed by atoms with Crippen LogP contribution >= 0.6 is 0 Å². The largest absolute Gasteiger partial charge is 0.469 e. The van der Waals surface area contributed by atoms with E-state index in [2.05, 4.69) is 23.3 Å². The minimum atomic E-state index is -0.334. The Kier molecular flexibility index (Phi) is 4.32. The molecule has 0 aromatic heterocycles. The minimum Gasteiger partial charge on any atom is -0.469 e. The van der Waals surface area contributed by atoms with Gasteiger partial charge >= 0.3 is 11.9 Å². The quantitative estimate of drug-likeness (QED) is 0.544. The van der Waals surface area contributed by atoms with Crippen molar-refractivity contribution >= 4 is 11.9 Å². The summed E-state index contributed by atoms with van der Waals surface area (Å²) in [6.07, 6.45) is 4.58. The number of hydrogen-bond donors (Lipinski definition) is 0. The number of carbonyl (C=O) groups is 2. The molecule has 2 atom stereocenters. The predicted molar refractivity (Wildman–Crippen MR) is 63.2 cm³/mol. The lowest BCUT2D eigenvalue weighted by Gasteiger charge is -2.01. The van der Waals surface area contributed by atoms with Gasteiger partial charge in [-0.05, 0) is 23.7 Å². The molecule has 0 aromatic rings. The number of methoxy groups -OCH3 is 2. The molecule has 0 saturated heterocycles. The van der Waals surface area contributed by atoms with Crippen LogP contribution in [0.25, 0.3) is 0 Å². The number of esters is 2. The van der Waals surface area contributed by atoms with Crippen LogP contribution in [0.2, 0.25) is 0 Å². The summed E-state index contributed by atoms with van der Waals surface area (Å²) in [7, 11) is 2.76. The molecule has 1 rings (SSSR count). The highest BCUT2D eigenvalue weighted by Gasteiger charge is 2.55. The number of hydrogen-bond acceptors (Lipinski definition) is 4. The highest BCUT2D eigenvalue weighted by atomic mass is 16.5. The van der Waals surface area contributed by atoms with Crippen LogP contribution in [0.3, 0.4) is 0 Å². The molecule has 0 spiro atoms. The van der Waals surface area contributed by atoms with Gasteiger partial charge in [0, 0.05) is 12.5 Å². The van der Waals surface area contributed by atoms with Crippen molar-refractivity contribution in [2.75, 3.05) is 14.2 Å². The molecule has 0 aliphatic heterocycles. The second-order valence-electron chi connectivity index (χ2n) is 4.95. The molecule has 1 saturated carbocycles. The van der Waals surface area contributed by atoms with Gasteiger partial charge in [0.1, 0.15) is 0 Å². The molecule has 96 valence electrons. The van der Waals surface area contributed by atoms with Crippen LogP contribution in [0.4, 0.5) is 0 Å². The minimum absolute atomic E-state index is 0.151. The van der Waals surface area contributed by atoms with Gasteiger partial charge in [0.15, 0.2) is 0 Å². The Labute approximate surface area is 102 Å². The zero-order chi connectivity index (χ0) is 13.1. The van der Waals surface area contributed by atoms with Crippen LogP contribution in [-0.2, 0) is 19.1 Å². The first-order chi connectivity index (χ1) is 7.93. The molecule has 0 amide bonds. The highest BCUT2D eigenvalue weighted by molar-refractivity contribution is 5.81. The average Bonchev–Trinajstić information content (AvgIpc) is 2.83. The van der Waals surface area contributed by atoms with E-state index in [9.17, 15) is 9.59 Å². The lowest BCUT2D eigenvalue weighted by atomic mass is 10.1. The first-order valence-corrected chi connectivity index (χ1v) is 5.76. The molecule has 0 heterocycles. The maximum Gasteiger partial charge on any atom is 0.330 e. The third-order valence-electron chi connectivity index (χ3n) is 3.67. The first kappa shape index (κ1) is 13.7. The molecule has 0 bridgehead atoms. The monoisotopic (exact) mass is 240 g/mol. The molecule has 0 N–H and O–H groups in total. The van der Waals surface area contributed by atoms with E-state index in [4.69, 9.17) is 0 Å². The summed E-state index contributed by atoms with van der Waals surface area (Å²) >= 11 is 0. The van der Waals surface area contributed by atoms with Gasteiger partial charge in [-0.15, -0.1) is 0 Å². The Morgan fingerprint density at radius 3 is 2.41 bits per heavy atom. The molecule has 1 aliphatic rings. The van der Waals surface area contributed by atoms with Crippen molar-refractivity contribution in [2.45, 2.75) is 26.7 Å². The lowest BCUT2D eigenvalue weighted by Crippen LogP contribution is -2.01. The highest BCUT2D eigenvalue weighted by Crippen LogP contribution is 2.61. The molecule has 1 aliphatic carbocycles. The second-order valence-corrected chi connectivity index (χ2v) is 4.95. The van der Waals surface area contributed by atoms with Crippen LogP contribution in [0.5, 0.6) is 0 Å². The zero-order valence-electron chi connectivity index (χ0n) is 10.9. The van der Waals surface area contributed by atoms with E-state index in [0.717, 1.165) is 6.42 Å². The predicted octanol–water partition coefficient (Wildman–Crippen LogP) is 1.94. The number of ether oxygens (including phenoxy) is 2. The van der Waals surface area contributed by atoms with Crippen molar-refractivity contribution in [3.05, 3.63) is 12.2 Å². The van der Waals surface area contributed by atoms with Crippen molar-refractivity contribution in [1.29, 1.82) is 0 Å². The molecular weight excluding hydrogens is 220 g/mol. The van der Waals surface area contributed by atoms with Crippen molar-refractivity contribution < 1.29 is 19.1 Å². The van der Waals surface area contributed by atoms with E-state index >= 15 is 0 Å². The van der Waals surface area contributed by atoms with Gasteiger partial charge in [-0.1, -0.05) is 19.9 Å². The zero-order valence-corrected chi connectivity index (χ0v) is 10.9. The van der Waals surface area contributed by atoms with E-state index in [-0.39, 0.29) is 17.4 Å². The summed E-state index contributed by atoms with van der Waals surface area (Å²) in [5.41, 5.74) is 0.151. The molecule has 1 fully saturated rings. The Hall–Kier alpha value is -1.32. The third-order valence-corrected chi connectivity index (χ3v) is 3.67. The van der Waals surface area contributed by atoms with Crippen LogP contribution in [0, 0.1) is 17.3 Å². The maximum absolute atomic E-state index is 11.1. The number of carbonyl (C=O) groups excluding carboxylic acids is 2. The summed E-state index contributed by atoms with van der Waals surface area (Å²) in [5.74, 6) is 0.261. The molecule has 0 radical (unpaired) electrons. The Balaban J connectivity index is 2.45. The van der Waals surface area contributed by atoms with E-state index in [1.807, 2.05) is 6.08 Å². The Morgan fingerprint density at radius 2 is 1.88 bits per heavy atom. The topological polar surface area (TPSA) is 52.6 Å². The average molecular weight is 240 g/mol. The summed E-state index contributed by atoms with van der Waals surface area (Å²) in [6.45, 7) is 4.28. The molecule has 2 unspecified atom stereocenters. The molecule has 0 aromatic carbocycles. The van der Waals surface area contributed by atoms with Gasteiger partial charge in [-0.3, -0.25) is 4.79 Å². The van der Waals surface area contributed by atoms with E-state index in [0.29, 0.717) is 18.3 Å². The fourth-order valence-corrected chi connectivity index (χ4v) is 2.35. The van der Waals surface area contributed by atoms with Crippen molar-refractivity contribution in [3.8, 4) is 0 Å². The SMILES string of the molecule is COC(=O)/C=C\C1C(CCC(=O)OC)C1(C)C. The molecule has 17 heavy (non-hydrogen) atoms. The van der Waals surface area contributed by atoms with Gasteiger partial charge < -0.3 is 9.47 Å². The normalized spacial score (nSPS) is 25.6. The molecule has 4 heteroatoms. The van der Waals surface area contributed by atoms with Gasteiger partial charge in [0.2, 0.25) is 0 Å². The van der Waals surface area contributed by atoms with Crippen molar-refractivity contribution in [1.82, 2.24) is 0 Å². The van der Waals surface area contributed by atoms with Crippen molar-refractivity contribution in [3.63, 3.8) is 0 Å². The first-order valence-electron chi connectivity index (χ1n) is 5.76. The summed E-state index contributed by atoms with van der Waals surface area (Å²) in [5, 5.41) is 0. The molecular formula is C13H20O4. The van der Waals surface area contributed by atoms with Crippen LogP contribution < -0.4 is 0 Å². The Bertz CT molecular complexity index is 330. The van der Waals surface area contributed by atoms with Gasteiger partial charge in [0.25, 0.3) is 0 Å². The smallest absolute Gasteiger partial charge is 0.330 e. The summed E-state index contributed by atoms with van der Waals surface area (Å²) in [6, 6.07) is 0. The van der Waals surface area contributed by atoms with Gasteiger partial charge in [-0.2, -0.15) is 0 Å². The number of rotatable bonds is 5. The van der Waals surface area contributed by atoms with Crippen LogP contribution in [0.15, 0.2) is 12.2 Å². The number of allylic oxidation sites excluding steroid dienone is 1. The van der Waals surface area contributed by atoms with Crippen LogP contribution in [0.1, 0.15) is 26.7 Å². The fraction of sp³-hybridized carbons (Fsp3) is 0.692. The summed E-state index contributed by atoms with van der Waals surface area (Å²) < 4.78 is 9.16. The van der Waals surface area contributed by atoms with Gasteiger partial charge in [0.05, 0.1) is 14.2 Å². The standard InChI is InChI=1S/C13H20O4/c1-13(2)9(5-7-11(14)16-3)10(13)6-8-12(15)17-4/h5,7,9-10H,6,8H2,1-4H3/b7-5-. The fourth-order valence-electron chi connectivity index (χ4n) is 2.35. The van der Waals surface area contributed by atoms with Gasteiger partial charge in [-0.25, -0.2) is 4.79 Å². The van der Waals surface area contributed by atoms with E-state index < -0.39 is 0 Å². The third kappa shape index (κ3) is 3.32. The van der Waals surface area contributed by atoms with E-state index in [1.165, 1.54) is 20.3 Å². The summed E-state index contributed by atoms with van der Waals surface area (Å²) in [4.78, 5) is 22.1. The molecule has 4 nitrogen and oxygen atoms in total. The maximum atomic E-state index is 11.1. The lowest BCUT2D eigenvalue weighted by molar-refractivity contribution is -0.141. The Morgan fingerprint density at radius 1 is 1.24 bits per heavy atom. The van der Waals surface area contributed by atoms with E-state index in [1.54, 1.807) is 0 Å².